The van der Waals surface area contributed by atoms with Crippen molar-refractivity contribution >= 4 is 57.2 Å². The van der Waals surface area contributed by atoms with Crippen molar-refractivity contribution in [2.75, 3.05) is 9.80 Å². The Morgan fingerprint density at radius 2 is 0.745 bits per heavy atom. The van der Waals surface area contributed by atoms with E-state index in [-0.39, 0.29) is 158 Å². The molecule has 5 heteroatoms. The third-order valence-electron chi connectivity index (χ3n) is 7.86. The molecule has 9 rings (SSSR count). The SMILES string of the molecule is [2H]c1cc(N(c2cc([2H])c([2H])c([2H])c2)c2cc([2H])c3c(c2)Oc2c([2H])c([2H])c([2H])c4c2B3c2c([2H])cc(N(c3cc([2H])c([2H])c([2H])c3)c3cc([2H])c([2H])c([2H])c3)cc2O4)cc([2H])c1[2H]. The van der Waals surface area contributed by atoms with Crippen molar-refractivity contribution in [3.05, 3.63) is 176 Å². The zero-order valence-electron chi connectivity index (χ0n) is 41.2. The van der Waals surface area contributed by atoms with Crippen LogP contribution in [0.4, 0.5) is 34.1 Å². The lowest BCUT2D eigenvalue weighted by Crippen LogP contribution is -2.57. The summed E-state index contributed by atoms with van der Waals surface area (Å²) in [6.45, 7) is -1.12. The number of hydrogen-bond donors (Lipinski definition) is 0. The largest absolute Gasteiger partial charge is 0.458 e. The molecule has 0 radical (unpaired) electrons. The number of anilines is 6. The standard InChI is InChI=1S/C42H29BN2O2/c1-5-14-30(15-6-1)44(31-16-7-2-8-17-31)34-24-26-36-40(28-34)46-38-22-13-23-39-42(38)43(36)37-27-25-35(29-41(37)47-39)45(32-18-9-3-10-19-32)33-20-11-4-12-21-33/h1-29H/i1D,2D,3D,4D,5D,6D,7D,8D,9D,10D,11D,12D,13D,22D,23D,26D,27D. The first kappa shape index (κ1) is 14.9. The Balaban J connectivity index is 1.28. The summed E-state index contributed by atoms with van der Waals surface area (Å²) in [5.41, 5.74) is 1.34. The first-order valence-electron chi connectivity index (χ1n) is 23.0. The topological polar surface area (TPSA) is 24.9 Å². The monoisotopic (exact) mass is 621 g/mol. The van der Waals surface area contributed by atoms with Crippen molar-refractivity contribution in [3.8, 4) is 23.0 Å². The van der Waals surface area contributed by atoms with Gasteiger partial charge in [0.1, 0.15) is 23.0 Å². The van der Waals surface area contributed by atoms with Crippen molar-refractivity contribution in [2.24, 2.45) is 0 Å². The van der Waals surface area contributed by atoms with Crippen molar-refractivity contribution in [1.29, 1.82) is 0 Å². The van der Waals surface area contributed by atoms with E-state index in [0.717, 1.165) is 0 Å². The van der Waals surface area contributed by atoms with E-state index in [0.29, 0.717) is 0 Å². The Morgan fingerprint density at radius 1 is 0.383 bits per heavy atom. The Morgan fingerprint density at radius 3 is 1.11 bits per heavy atom. The molecule has 2 aliphatic rings. The van der Waals surface area contributed by atoms with Crippen molar-refractivity contribution in [3.63, 3.8) is 0 Å². The van der Waals surface area contributed by atoms with Gasteiger partial charge in [-0.15, -0.1) is 0 Å². The Bertz CT molecular complexity index is 2790. The number of para-hydroxylation sites is 4. The summed E-state index contributed by atoms with van der Waals surface area (Å²) < 4.78 is 158. The van der Waals surface area contributed by atoms with Crippen LogP contribution < -0.4 is 35.7 Å². The molecule has 0 saturated carbocycles. The summed E-state index contributed by atoms with van der Waals surface area (Å²) in [6, 6.07) is 10.4. The fraction of sp³-hybridized carbons (Fsp3) is 0. The summed E-state index contributed by atoms with van der Waals surface area (Å²) in [4.78, 5) is 2.87. The normalized spacial score (nSPS) is 17.2. The highest BCUT2D eigenvalue weighted by atomic mass is 16.5. The van der Waals surface area contributed by atoms with Gasteiger partial charge in [0, 0.05) is 51.7 Å². The molecule has 0 unspecified atom stereocenters. The zero-order chi connectivity index (χ0) is 46.0. The van der Waals surface area contributed by atoms with Crippen molar-refractivity contribution in [1.82, 2.24) is 0 Å². The molecule has 4 nitrogen and oxygen atoms in total. The van der Waals surface area contributed by atoms with Gasteiger partial charge in [-0.05, 0) is 83.7 Å². The summed E-state index contributed by atoms with van der Waals surface area (Å²) >= 11 is 0. The smallest absolute Gasteiger partial charge is 0.260 e. The van der Waals surface area contributed by atoms with E-state index >= 15 is 0 Å². The predicted molar refractivity (Wildman–Crippen MR) is 193 cm³/mol. The van der Waals surface area contributed by atoms with E-state index in [2.05, 4.69) is 0 Å². The number of fused-ring (bicyclic) bond motifs is 4. The second kappa shape index (κ2) is 11.3. The molecule has 47 heavy (non-hydrogen) atoms. The molecule has 0 saturated heterocycles. The molecule has 0 fully saturated rings. The molecule has 0 amide bonds. The molecule has 0 bridgehead atoms. The van der Waals surface area contributed by atoms with Gasteiger partial charge in [0.2, 0.25) is 0 Å². The van der Waals surface area contributed by atoms with Gasteiger partial charge in [-0.1, -0.05) is 90.6 Å². The molecule has 7 aromatic carbocycles. The average Bonchev–Trinajstić information content (AvgIpc) is 3.23. The van der Waals surface area contributed by atoms with Crippen LogP contribution in [0.25, 0.3) is 0 Å². The van der Waals surface area contributed by atoms with Crippen LogP contribution in [-0.2, 0) is 0 Å². The van der Waals surface area contributed by atoms with Crippen LogP contribution in [0.2, 0.25) is 0 Å². The van der Waals surface area contributed by atoms with Crippen LogP contribution in [0.1, 0.15) is 23.3 Å². The van der Waals surface area contributed by atoms with Crippen LogP contribution in [0.15, 0.2) is 176 Å². The molecule has 0 aromatic heterocycles. The molecule has 222 valence electrons. The van der Waals surface area contributed by atoms with Crippen LogP contribution >= 0.6 is 0 Å². The molecular formula is C42H29BN2O2. The lowest BCUT2D eigenvalue weighted by Gasteiger charge is -2.34. The lowest BCUT2D eigenvalue weighted by molar-refractivity contribution is 0.464. The number of rotatable bonds is 6. The second-order valence-corrected chi connectivity index (χ2v) is 10.5. The van der Waals surface area contributed by atoms with Gasteiger partial charge >= 0.3 is 0 Å². The third-order valence-corrected chi connectivity index (χ3v) is 7.86. The average molecular weight is 622 g/mol. The molecular weight excluding hydrogens is 575 g/mol. The van der Waals surface area contributed by atoms with Gasteiger partial charge in [-0.2, -0.15) is 0 Å². The Kier molecular flexibility index (Phi) is 3.59. The number of ether oxygens (including phenoxy) is 2. The maximum absolute atomic E-state index is 9.57. The number of nitrogens with zero attached hydrogens (tertiary/aromatic N) is 2. The molecule has 0 aliphatic carbocycles. The van der Waals surface area contributed by atoms with Crippen LogP contribution in [0.5, 0.6) is 23.0 Å². The highest BCUT2D eigenvalue weighted by Gasteiger charge is 2.40. The van der Waals surface area contributed by atoms with Gasteiger partial charge in [0.15, 0.2) is 0 Å². The molecule has 2 aliphatic heterocycles. The molecule has 2 heterocycles. The summed E-state index contributed by atoms with van der Waals surface area (Å²) in [5, 5.41) is 0. The van der Waals surface area contributed by atoms with E-state index in [9.17, 15) is 2.74 Å². The minimum atomic E-state index is -1.12. The summed E-state index contributed by atoms with van der Waals surface area (Å²) in [6.07, 6.45) is 0. The van der Waals surface area contributed by atoms with E-state index in [1.54, 1.807) is 0 Å². The van der Waals surface area contributed by atoms with Gasteiger partial charge in [-0.25, -0.2) is 0 Å². The summed E-state index contributed by atoms with van der Waals surface area (Å²) in [7, 11) is 0. The van der Waals surface area contributed by atoms with Gasteiger partial charge in [-0.3, -0.25) is 0 Å². The maximum atomic E-state index is 9.57. The first-order chi connectivity index (χ1) is 30.2. The molecule has 7 aromatic rings. The second-order valence-electron chi connectivity index (χ2n) is 10.5. The van der Waals surface area contributed by atoms with E-state index < -0.39 is 24.8 Å². The van der Waals surface area contributed by atoms with E-state index in [1.165, 1.54) is 82.6 Å². The lowest BCUT2D eigenvalue weighted by atomic mass is 9.35. The predicted octanol–water partition coefficient (Wildman–Crippen LogP) is 9.35. The number of hydrogen-bond acceptors (Lipinski definition) is 4. The Hall–Kier alpha value is -6.20. The number of benzene rings is 7. The fourth-order valence-corrected chi connectivity index (χ4v) is 5.91. The first-order valence-corrected chi connectivity index (χ1v) is 14.5. The quantitative estimate of drug-likeness (QED) is 0.173. The minimum Gasteiger partial charge on any atom is -0.458 e. The van der Waals surface area contributed by atoms with Crippen molar-refractivity contribution < 1.29 is 32.8 Å². The fourth-order valence-electron chi connectivity index (χ4n) is 5.91. The molecule has 0 atom stereocenters. The van der Waals surface area contributed by atoms with Gasteiger partial charge in [0.25, 0.3) is 6.71 Å². The van der Waals surface area contributed by atoms with Gasteiger partial charge in [0.05, 0.1) is 23.3 Å². The summed E-state index contributed by atoms with van der Waals surface area (Å²) in [5.74, 6) is -0.413. The van der Waals surface area contributed by atoms with Crippen LogP contribution in [0, 0.1) is 0 Å². The van der Waals surface area contributed by atoms with E-state index in [4.69, 9.17) is 30.0 Å². The van der Waals surface area contributed by atoms with E-state index in [1.807, 2.05) is 0 Å². The van der Waals surface area contributed by atoms with Crippen LogP contribution in [0.3, 0.4) is 0 Å². The van der Waals surface area contributed by atoms with Crippen LogP contribution in [-0.4, -0.2) is 6.71 Å². The highest BCUT2D eigenvalue weighted by Crippen LogP contribution is 2.41. The zero-order valence-corrected chi connectivity index (χ0v) is 24.2. The van der Waals surface area contributed by atoms with Gasteiger partial charge < -0.3 is 19.3 Å². The highest BCUT2D eigenvalue weighted by molar-refractivity contribution is 6.98. The third kappa shape index (κ3) is 4.72. The Labute approximate surface area is 298 Å². The molecule has 0 N–H and O–H groups in total. The molecule has 0 spiro atoms. The maximum Gasteiger partial charge on any atom is 0.260 e. The minimum absolute atomic E-state index is 0.0222. The van der Waals surface area contributed by atoms with Crippen molar-refractivity contribution in [2.45, 2.75) is 0 Å².